The highest BCUT2D eigenvalue weighted by atomic mass is 19.1. The highest BCUT2D eigenvalue weighted by Gasteiger charge is 2.11. The fourth-order valence-electron chi connectivity index (χ4n) is 3.16. The molecule has 1 amide bonds. The Morgan fingerprint density at radius 2 is 2.03 bits per heavy atom. The minimum Gasteiger partial charge on any atom is -0.436 e. The van der Waals surface area contributed by atoms with Gasteiger partial charge in [-0.3, -0.25) is 9.20 Å². The van der Waals surface area contributed by atoms with E-state index in [0.717, 1.165) is 11.1 Å². The second kappa shape index (κ2) is 7.07. The molecule has 148 valence electrons. The van der Waals surface area contributed by atoms with Crippen LogP contribution in [-0.4, -0.2) is 25.3 Å². The van der Waals surface area contributed by atoms with E-state index in [2.05, 4.69) is 20.3 Å². The van der Waals surface area contributed by atoms with E-state index in [9.17, 15) is 9.18 Å². The van der Waals surface area contributed by atoms with Crippen LogP contribution >= 0.6 is 0 Å². The smallest absolute Gasteiger partial charge is 0.254 e. The number of rotatable bonds is 4. The van der Waals surface area contributed by atoms with Gasteiger partial charge in [-0.15, -0.1) is 0 Å². The van der Waals surface area contributed by atoms with E-state index in [1.807, 2.05) is 24.3 Å². The Morgan fingerprint density at radius 1 is 1.20 bits per heavy atom. The van der Waals surface area contributed by atoms with Gasteiger partial charge in [0, 0.05) is 43.0 Å². The summed E-state index contributed by atoms with van der Waals surface area (Å²) in [4.78, 5) is 25.0. The largest absolute Gasteiger partial charge is 0.436 e. The van der Waals surface area contributed by atoms with Crippen molar-refractivity contribution >= 4 is 22.8 Å². The summed E-state index contributed by atoms with van der Waals surface area (Å²) < 4.78 is 21.1. The molecule has 8 heteroatoms. The third-order valence-corrected chi connectivity index (χ3v) is 4.83. The summed E-state index contributed by atoms with van der Waals surface area (Å²) in [5.41, 5.74) is 3.69. The zero-order chi connectivity index (χ0) is 20.7. The number of carbonyl (C=O) groups is 1. The monoisotopic (exact) mass is 401 g/mol. The summed E-state index contributed by atoms with van der Waals surface area (Å²) in [6.07, 6.45) is 6.55. The molecule has 0 bridgehead atoms. The summed E-state index contributed by atoms with van der Waals surface area (Å²) in [5.74, 6) is 0.418. The van der Waals surface area contributed by atoms with Crippen molar-refractivity contribution in [3.8, 4) is 11.5 Å². The Balaban J connectivity index is 1.29. The number of benzene rings is 2. The number of carbonyl (C=O) groups excluding carboxylic acids is 1. The van der Waals surface area contributed by atoms with E-state index < -0.39 is 0 Å². The molecule has 30 heavy (non-hydrogen) atoms. The lowest BCUT2D eigenvalue weighted by Gasteiger charge is -2.06. The number of oxazole rings is 1. The van der Waals surface area contributed by atoms with Crippen molar-refractivity contribution < 1.29 is 13.6 Å². The van der Waals surface area contributed by atoms with Crippen molar-refractivity contribution in [3.05, 3.63) is 83.7 Å². The number of fused-ring (bicyclic) bond motifs is 2. The SMILES string of the molecule is Cc1cc2nc(-c3ccc(CNC(=O)c4cnc5nccn5c4)cc3)oc2cc1F. The zero-order valence-electron chi connectivity index (χ0n) is 16.0. The predicted octanol–water partition coefficient (Wildman–Crippen LogP) is 3.92. The maximum absolute atomic E-state index is 13.7. The van der Waals surface area contributed by atoms with E-state index in [-0.39, 0.29) is 11.7 Å². The maximum Gasteiger partial charge on any atom is 0.254 e. The molecule has 3 aromatic heterocycles. The molecule has 5 rings (SSSR count). The minimum absolute atomic E-state index is 0.224. The van der Waals surface area contributed by atoms with Crippen LogP contribution < -0.4 is 5.32 Å². The number of aryl methyl sites for hydroxylation is 1. The van der Waals surface area contributed by atoms with E-state index in [1.165, 1.54) is 12.3 Å². The summed E-state index contributed by atoms with van der Waals surface area (Å²) in [7, 11) is 0. The standard InChI is InChI=1S/C22H16FN5O2/c1-13-8-18-19(9-17(13)23)30-21(27-18)15-4-2-14(3-5-15)10-25-20(29)16-11-26-22-24-6-7-28(22)12-16/h2-9,11-12H,10H2,1H3,(H,25,29). The quantitative estimate of drug-likeness (QED) is 0.493. The maximum atomic E-state index is 13.7. The Bertz CT molecular complexity index is 1350. The number of hydrogen-bond donors (Lipinski definition) is 1. The van der Waals surface area contributed by atoms with Crippen LogP contribution in [0.25, 0.3) is 28.3 Å². The van der Waals surface area contributed by atoms with Gasteiger partial charge >= 0.3 is 0 Å². The second-order valence-electron chi connectivity index (χ2n) is 6.94. The Hall–Kier alpha value is -4.07. The molecule has 2 aromatic carbocycles. The average Bonchev–Trinajstić information content (AvgIpc) is 3.39. The predicted molar refractivity (Wildman–Crippen MR) is 108 cm³/mol. The lowest BCUT2D eigenvalue weighted by Crippen LogP contribution is -2.23. The van der Waals surface area contributed by atoms with Crippen molar-refractivity contribution in [1.82, 2.24) is 24.7 Å². The number of halogens is 1. The van der Waals surface area contributed by atoms with Crippen molar-refractivity contribution in [2.45, 2.75) is 13.5 Å². The van der Waals surface area contributed by atoms with Crippen LogP contribution in [0.2, 0.25) is 0 Å². The Kier molecular flexibility index (Phi) is 4.24. The van der Waals surface area contributed by atoms with Crippen LogP contribution in [-0.2, 0) is 6.54 Å². The molecule has 0 saturated heterocycles. The van der Waals surface area contributed by atoms with Crippen LogP contribution in [0.5, 0.6) is 0 Å². The highest BCUT2D eigenvalue weighted by molar-refractivity contribution is 5.93. The lowest BCUT2D eigenvalue weighted by molar-refractivity contribution is 0.0950. The van der Waals surface area contributed by atoms with Crippen molar-refractivity contribution in [1.29, 1.82) is 0 Å². The van der Waals surface area contributed by atoms with Gasteiger partial charge in [0.1, 0.15) is 11.3 Å². The van der Waals surface area contributed by atoms with Gasteiger partial charge < -0.3 is 9.73 Å². The lowest BCUT2D eigenvalue weighted by atomic mass is 10.1. The van der Waals surface area contributed by atoms with Gasteiger partial charge in [-0.25, -0.2) is 19.3 Å². The molecule has 0 aliphatic carbocycles. The van der Waals surface area contributed by atoms with E-state index in [0.29, 0.717) is 40.4 Å². The Morgan fingerprint density at radius 3 is 2.87 bits per heavy atom. The molecular formula is C22H16FN5O2. The Labute approximate surface area is 170 Å². The molecule has 0 aliphatic heterocycles. The first-order valence-corrected chi connectivity index (χ1v) is 9.30. The summed E-state index contributed by atoms with van der Waals surface area (Å²) in [6.45, 7) is 2.05. The number of aromatic nitrogens is 4. The normalized spacial score (nSPS) is 11.3. The summed E-state index contributed by atoms with van der Waals surface area (Å²) >= 11 is 0. The highest BCUT2D eigenvalue weighted by Crippen LogP contribution is 2.26. The van der Waals surface area contributed by atoms with Gasteiger partial charge in [0.15, 0.2) is 5.58 Å². The molecule has 3 heterocycles. The number of nitrogens with one attached hydrogen (secondary N) is 1. The molecule has 0 radical (unpaired) electrons. The number of imidazole rings is 1. The van der Waals surface area contributed by atoms with Crippen LogP contribution in [0, 0.1) is 12.7 Å². The third-order valence-electron chi connectivity index (χ3n) is 4.83. The molecule has 0 fully saturated rings. The van der Waals surface area contributed by atoms with Crippen molar-refractivity contribution in [2.75, 3.05) is 0 Å². The molecule has 0 spiro atoms. The van der Waals surface area contributed by atoms with Gasteiger partial charge in [-0.1, -0.05) is 12.1 Å². The third kappa shape index (κ3) is 3.28. The average molecular weight is 401 g/mol. The summed E-state index contributed by atoms with van der Waals surface area (Å²) in [6, 6.07) is 10.5. The van der Waals surface area contributed by atoms with Gasteiger partial charge in [0.05, 0.1) is 5.56 Å². The zero-order valence-corrected chi connectivity index (χ0v) is 16.0. The number of amides is 1. The van der Waals surface area contributed by atoms with Crippen LogP contribution in [0.3, 0.4) is 0 Å². The molecule has 0 unspecified atom stereocenters. The van der Waals surface area contributed by atoms with Gasteiger partial charge in [-0.2, -0.15) is 0 Å². The number of nitrogens with zero attached hydrogens (tertiary/aromatic N) is 4. The van der Waals surface area contributed by atoms with E-state index in [1.54, 1.807) is 36.0 Å². The molecule has 1 N–H and O–H groups in total. The van der Waals surface area contributed by atoms with Crippen LogP contribution in [0.1, 0.15) is 21.5 Å². The van der Waals surface area contributed by atoms with Gasteiger partial charge in [-0.05, 0) is 36.2 Å². The fourth-order valence-corrected chi connectivity index (χ4v) is 3.16. The second-order valence-corrected chi connectivity index (χ2v) is 6.94. The minimum atomic E-state index is -0.321. The van der Waals surface area contributed by atoms with Crippen LogP contribution in [0.4, 0.5) is 4.39 Å². The topological polar surface area (TPSA) is 85.3 Å². The number of hydrogen-bond acceptors (Lipinski definition) is 5. The van der Waals surface area contributed by atoms with Gasteiger partial charge in [0.25, 0.3) is 5.91 Å². The molecule has 7 nitrogen and oxygen atoms in total. The van der Waals surface area contributed by atoms with E-state index >= 15 is 0 Å². The van der Waals surface area contributed by atoms with Crippen molar-refractivity contribution in [2.24, 2.45) is 0 Å². The van der Waals surface area contributed by atoms with Crippen molar-refractivity contribution in [3.63, 3.8) is 0 Å². The molecule has 0 saturated carbocycles. The first-order valence-electron chi connectivity index (χ1n) is 9.30. The first kappa shape index (κ1) is 18.0. The molecular weight excluding hydrogens is 385 g/mol. The summed E-state index contributed by atoms with van der Waals surface area (Å²) in [5, 5.41) is 2.87. The molecule has 0 atom stereocenters. The van der Waals surface area contributed by atoms with E-state index in [4.69, 9.17) is 4.42 Å². The van der Waals surface area contributed by atoms with Gasteiger partial charge in [0.2, 0.25) is 11.7 Å². The first-order chi connectivity index (χ1) is 14.6. The molecule has 0 aliphatic rings. The molecule has 5 aromatic rings. The fraction of sp³-hybridized carbons (Fsp3) is 0.0909. The van der Waals surface area contributed by atoms with Crippen LogP contribution in [0.15, 0.2) is 65.6 Å².